The number of hydrogen-bond acceptors (Lipinski definition) is 7. The van der Waals surface area contributed by atoms with Crippen molar-refractivity contribution in [3.63, 3.8) is 0 Å². The molecule has 0 saturated carbocycles. The highest BCUT2D eigenvalue weighted by atomic mass is 16.5. The summed E-state index contributed by atoms with van der Waals surface area (Å²) in [5, 5.41) is 10.1. The van der Waals surface area contributed by atoms with E-state index < -0.39 is 22.5 Å². The van der Waals surface area contributed by atoms with Gasteiger partial charge in [-0.15, -0.1) is 0 Å². The van der Waals surface area contributed by atoms with Crippen LogP contribution in [0.25, 0.3) is 5.57 Å². The van der Waals surface area contributed by atoms with E-state index >= 15 is 0 Å². The molecule has 3 aliphatic rings. The van der Waals surface area contributed by atoms with Crippen LogP contribution in [0.1, 0.15) is 43.2 Å². The average molecular weight is 431 g/mol. The van der Waals surface area contributed by atoms with Crippen molar-refractivity contribution in [1.29, 1.82) is 5.26 Å². The second-order valence-electron chi connectivity index (χ2n) is 8.78. The van der Waals surface area contributed by atoms with Crippen molar-refractivity contribution in [2.45, 2.75) is 38.6 Å². The number of amides is 1. The van der Waals surface area contributed by atoms with Crippen LogP contribution in [0.2, 0.25) is 0 Å². The van der Waals surface area contributed by atoms with Crippen LogP contribution in [0.4, 0.5) is 5.69 Å². The highest BCUT2D eigenvalue weighted by molar-refractivity contribution is 6.18. The maximum absolute atomic E-state index is 14.4. The van der Waals surface area contributed by atoms with Gasteiger partial charge in [-0.05, 0) is 45.4 Å². The normalized spacial score (nSPS) is 22.2. The number of anilines is 1. The van der Waals surface area contributed by atoms with E-state index in [1.54, 1.807) is 17.9 Å². The van der Waals surface area contributed by atoms with Crippen LogP contribution >= 0.6 is 0 Å². The monoisotopic (exact) mass is 431 g/mol. The molecule has 5 rings (SSSR count). The molecular weight excluding hydrogens is 410 g/mol. The molecule has 162 valence electrons. The van der Waals surface area contributed by atoms with Gasteiger partial charge in [0.1, 0.15) is 34.5 Å². The Morgan fingerprint density at radius 3 is 2.56 bits per heavy atom. The maximum atomic E-state index is 14.4. The quantitative estimate of drug-likeness (QED) is 0.737. The molecule has 0 radical (unpaired) electrons. The summed E-state index contributed by atoms with van der Waals surface area (Å²) in [5.74, 6) is 0.199. The van der Waals surface area contributed by atoms with Crippen LogP contribution in [0.15, 0.2) is 44.9 Å². The van der Waals surface area contributed by atoms with Gasteiger partial charge < -0.3 is 24.5 Å². The molecule has 2 N–H and O–H groups in total. The first kappa shape index (κ1) is 19.9. The molecule has 4 heterocycles. The zero-order valence-electron chi connectivity index (χ0n) is 18.3. The number of nitriles is 1. The number of allylic oxidation sites excluding steroid dienone is 1. The van der Waals surface area contributed by atoms with Gasteiger partial charge in [0, 0.05) is 17.2 Å². The van der Waals surface area contributed by atoms with Gasteiger partial charge >= 0.3 is 5.63 Å². The molecule has 3 aliphatic heterocycles. The van der Waals surface area contributed by atoms with Crippen molar-refractivity contribution in [2.24, 2.45) is 5.73 Å². The lowest BCUT2D eigenvalue weighted by molar-refractivity contribution is -0.121. The van der Waals surface area contributed by atoms with Gasteiger partial charge in [0.05, 0.1) is 18.3 Å². The lowest BCUT2D eigenvalue weighted by Gasteiger charge is -2.40. The van der Waals surface area contributed by atoms with Gasteiger partial charge in [0.2, 0.25) is 11.8 Å². The number of nitrogens with two attached hydrogens (primary N) is 1. The van der Waals surface area contributed by atoms with E-state index in [-0.39, 0.29) is 22.8 Å². The largest absolute Gasteiger partial charge is 0.497 e. The first-order valence-electron chi connectivity index (χ1n) is 10.1. The van der Waals surface area contributed by atoms with Gasteiger partial charge in [-0.25, -0.2) is 4.79 Å². The van der Waals surface area contributed by atoms with Gasteiger partial charge in [-0.1, -0.05) is 6.08 Å². The molecule has 8 heteroatoms. The highest BCUT2D eigenvalue weighted by Crippen LogP contribution is 2.59. The number of rotatable bonds is 1. The molecule has 1 atom stereocenters. The lowest BCUT2D eigenvalue weighted by atomic mass is 9.69. The van der Waals surface area contributed by atoms with Crippen LogP contribution in [-0.2, 0) is 10.2 Å². The number of nitrogens with zero attached hydrogens (tertiary/aromatic N) is 2. The molecule has 1 spiro atoms. The maximum Gasteiger partial charge on any atom is 0.344 e. The zero-order valence-corrected chi connectivity index (χ0v) is 18.3. The number of methoxy groups -OCH3 is 1. The molecule has 1 aromatic carbocycles. The summed E-state index contributed by atoms with van der Waals surface area (Å²) in [6.45, 7) is 7.36. The minimum Gasteiger partial charge on any atom is -0.497 e. The molecule has 0 saturated heterocycles. The number of carbonyl (C=O) groups is 1. The predicted octanol–water partition coefficient (Wildman–Crippen LogP) is 2.87. The summed E-state index contributed by atoms with van der Waals surface area (Å²) in [5.41, 5.74) is 5.47. The Labute approximate surface area is 184 Å². The van der Waals surface area contributed by atoms with Crippen LogP contribution in [0, 0.1) is 18.3 Å². The molecule has 2 aromatic rings. The highest BCUT2D eigenvalue weighted by Gasteiger charge is 2.64. The summed E-state index contributed by atoms with van der Waals surface area (Å²) in [4.78, 5) is 29.2. The third-order valence-electron chi connectivity index (χ3n) is 6.41. The molecular formula is C24H21N3O5. The molecule has 8 nitrogen and oxygen atoms in total. The van der Waals surface area contributed by atoms with Gasteiger partial charge in [0.15, 0.2) is 5.41 Å². The first-order chi connectivity index (χ1) is 15.1. The molecule has 0 aliphatic carbocycles. The summed E-state index contributed by atoms with van der Waals surface area (Å²) in [6, 6.07) is 7.08. The fourth-order valence-corrected chi connectivity index (χ4v) is 5.26. The Hall–Kier alpha value is -3.99. The van der Waals surface area contributed by atoms with E-state index in [1.165, 1.54) is 13.2 Å². The second-order valence-corrected chi connectivity index (χ2v) is 8.78. The zero-order chi connectivity index (χ0) is 23.2. The standard InChI is InChI=1S/C24H21N3O5/c1-11-9-23(3,4)27-19-14(11)7-13(30-5)8-15(19)24(22(27)29)16(10-25)20(26)32-17-6-12(2)31-21(28)18(17)24/h6-9H,26H2,1-5H3/t24-/m0/s1. The van der Waals surface area contributed by atoms with Gasteiger partial charge in [-0.3, -0.25) is 4.79 Å². The summed E-state index contributed by atoms with van der Waals surface area (Å²) in [7, 11) is 1.52. The van der Waals surface area contributed by atoms with Crippen molar-refractivity contribution in [3.05, 3.63) is 68.6 Å². The van der Waals surface area contributed by atoms with Crippen LogP contribution in [0.3, 0.4) is 0 Å². The minimum atomic E-state index is -1.81. The third-order valence-corrected chi connectivity index (χ3v) is 6.41. The fraction of sp³-hybridized carbons (Fsp3) is 0.292. The van der Waals surface area contributed by atoms with Crippen molar-refractivity contribution < 1.29 is 18.7 Å². The SMILES string of the molecule is COc1cc2c3c(c1)[C@]1(C(=O)N3C(C)(C)C=C2C)C(C#N)=C(N)Oc2cc(C)oc(=O)c21. The minimum absolute atomic E-state index is 0.0582. The topological polar surface area (TPSA) is 119 Å². The smallest absolute Gasteiger partial charge is 0.344 e. The van der Waals surface area contributed by atoms with Crippen molar-refractivity contribution >= 4 is 17.2 Å². The number of hydrogen-bond donors (Lipinski definition) is 1. The number of aryl methyl sites for hydroxylation is 1. The Kier molecular flexibility index (Phi) is 3.76. The van der Waals surface area contributed by atoms with E-state index in [1.807, 2.05) is 39.0 Å². The molecule has 1 amide bonds. The van der Waals surface area contributed by atoms with Gasteiger partial charge in [0.25, 0.3) is 0 Å². The van der Waals surface area contributed by atoms with Gasteiger partial charge in [-0.2, -0.15) is 5.26 Å². The Morgan fingerprint density at radius 2 is 1.91 bits per heavy atom. The van der Waals surface area contributed by atoms with Crippen molar-refractivity contribution in [3.8, 4) is 17.6 Å². The summed E-state index contributed by atoms with van der Waals surface area (Å²) >= 11 is 0. The predicted molar refractivity (Wildman–Crippen MR) is 116 cm³/mol. The van der Waals surface area contributed by atoms with E-state index in [0.717, 1.165) is 11.1 Å². The molecule has 1 aromatic heterocycles. The van der Waals surface area contributed by atoms with Crippen LogP contribution in [0.5, 0.6) is 11.5 Å². The Morgan fingerprint density at radius 1 is 1.19 bits per heavy atom. The van der Waals surface area contributed by atoms with Crippen LogP contribution < -0.4 is 25.7 Å². The van der Waals surface area contributed by atoms with E-state index in [0.29, 0.717) is 22.8 Å². The number of ether oxygens (including phenoxy) is 2. The number of fused-ring (bicyclic) bond motifs is 3. The molecule has 0 unspecified atom stereocenters. The third kappa shape index (κ3) is 2.15. The van der Waals surface area contributed by atoms with Crippen LogP contribution in [-0.4, -0.2) is 18.6 Å². The Balaban J connectivity index is 2.03. The average Bonchev–Trinajstić information content (AvgIpc) is 2.95. The first-order valence-corrected chi connectivity index (χ1v) is 10.1. The van der Waals surface area contributed by atoms with E-state index in [4.69, 9.17) is 19.6 Å². The molecule has 0 fully saturated rings. The Bertz CT molecular complexity index is 1410. The summed E-state index contributed by atoms with van der Waals surface area (Å²) in [6.07, 6.45) is 1.98. The molecule has 32 heavy (non-hydrogen) atoms. The van der Waals surface area contributed by atoms with Crippen molar-refractivity contribution in [2.75, 3.05) is 12.0 Å². The lowest BCUT2D eigenvalue weighted by Crippen LogP contribution is -2.54. The van der Waals surface area contributed by atoms with E-state index in [9.17, 15) is 14.9 Å². The van der Waals surface area contributed by atoms with E-state index in [2.05, 4.69) is 0 Å². The fourth-order valence-electron chi connectivity index (χ4n) is 5.26. The summed E-state index contributed by atoms with van der Waals surface area (Å²) < 4.78 is 16.5. The molecule has 0 bridgehead atoms. The second kappa shape index (κ2) is 6.04. The number of benzene rings is 1. The van der Waals surface area contributed by atoms with Crippen molar-refractivity contribution in [1.82, 2.24) is 0 Å². The number of carbonyl (C=O) groups excluding carboxylic acids is 1.